The fourth-order valence-corrected chi connectivity index (χ4v) is 2.57. The SMILES string of the molecule is Cc1ccc([N+](=O)[O-])c(NC2(CO)CCCC2)c1. The van der Waals surface area contributed by atoms with Gasteiger partial charge in [-0.3, -0.25) is 10.1 Å². The van der Waals surface area contributed by atoms with Gasteiger partial charge < -0.3 is 10.4 Å². The molecule has 1 fully saturated rings. The molecule has 0 bridgehead atoms. The standard InChI is InChI=1S/C13H18N2O3/c1-10-4-5-12(15(17)18)11(8-10)14-13(9-16)6-2-3-7-13/h4-5,8,14,16H,2-3,6-7,9H2,1H3. The first-order valence-corrected chi connectivity index (χ1v) is 6.20. The molecule has 2 rings (SSSR count). The fourth-order valence-electron chi connectivity index (χ4n) is 2.57. The van der Waals surface area contributed by atoms with Crippen molar-refractivity contribution in [2.45, 2.75) is 38.1 Å². The van der Waals surface area contributed by atoms with Crippen molar-refractivity contribution in [3.05, 3.63) is 33.9 Å². The Morgan fingerprint density at radius 2 is 2.11 bits per heavy atom. The second-order valence-electron chi connectivity index (χ2n) is 5.05. The number of nitro benzene ring substituents is 1. The van der Waals surface area contributed by atoms with E-state index in [1.165, 1.54) is 6.07 Å². The van der Waals surface area contributed by atoms with E-state index < -0.39 is 5.54 Å². The quantitative estimate of drug-likeness (QED) is 0.636. The second-order valence-corrected chi connectivity index (χ2v) is 5.05. The number of nitro groups is 1. The van der Waals surface area contributed by atoms with Crippen LogP contribution >= 0.6 is 0 Å². The van der Waals surface area contributed by atoms with E-state index in [4.69, 9.17) is 0 Å². The van der Waals surface area contributed by atoms with Crippen molar-refractivity contribution in [1.82, 2.24) is 0 Å². The van der Waals surface area contributed by atoms with Crippen molar-refractivity contribution >= 4 is 11.4 Å². The molecule has 1 aliphatic rings. The lowest BCUT2D eigenvalue weighted by atomic mass is 9.98. The smallest absolute Gasteiger partial charge is 0.292 e. The number of aliphatic hydroxyl groups excluding tert-OH is 1. The molecule has 1 aromatic carbocycles. The third-order valence-corrected chi connectivity index (χ3v) is 3.61. The number of anilines is 1. The second kappa shape index (κ2) is 4.94. The van der Waals surface area contributed by atoms with Gasteiger partial charge in [0.1, 0.15) is 5.69 Å². The van der Waals surface area contributed by atoms with E-state index in [1.54, 1.807) is 12.1 Å². The van der Waals surface area contributed by atoms with E-state index in [-0.39, 0.29) is 17.2 Å². The molecule has 1 aliphatic carbocycles. The van der Waals surface area contributed by atoms with Crippen molar-refractivity contribution in [2.24, 2.45) is 0 Å². The number of benzene rings is 1. The fraction of sp³-hybridized carbons (Fsp3) is 0.538. The Bertz CT molecular complexity index is 454. The number of hydrogen-bond acceptors (Lipinski definition) is 4. The predicted octanol–water partition coefficient (Wildman–Crippen LogP) is 2.62. The van der Waals surface area contributed by atoms with Gasteiger partial charge in [0.25, 0.3) is 5.69 Å². The van der Waals surface area contributed by atoms with E-state index in [9.17, 15) is 15.2 Å². The summed E-state index contributed by atoms with van der Waals surface area (Å²) in [5.74, 6) is 0. The Labute approximate surface area is 106 Å². The Hall–Kier alpha value is -1.62. The number of hydrogen-bond donors (Lipinski definition) is 2. The molecule has 1 aromatic rings. The van der Waals surface area contributed by atoms with E-state index in [0.29, 0.717) is 5.69 Å². The Morgan fingerprint density at radius 1 is 1.44 bits per heavy atom. The lowest BCUT2D eigenvalue weighted by Crippen LogP contribution is -2.39. The summed E-state index contributed by atoms with van der Waals surface area (Å²) in [5.41, 5.74) is 1.16. The monoisotopic (exact) mass is 250 g/mol. The van der Waals surface area contributed by atoms with Gasteiger partial charge in [0.2, 0.25) is 0 Å². The van der Waals surface area contributed by atoms with Crippen LogP contribution in [-0.2, 0) is 0 Å². The molecule has 2 N–H and O–H groups in total. The summed E-state index contributed by atoms with van der Waals surface area (Å²) in [4.78, 5) is 10.6. The zero-order chi connectivity index (χ0) is 13.2. The van der Waals surface area contributed by atoms with Crippen LogP contribution < -0.4 is 5.32 Å². The largest absolute Gasteiger partial charge is 0.394 e. The van der Waals surface area contributed by atoms with Crippen molar-refractivity contribution < 1.29 is 10.0 Å². The molecule has 18 heavy (non-hydrogen) atoms. The highest BCUT2D eigenvalue weighted by atomic mass is 16.6. The van der Waals surface area contributed by atoms with Crippen LogP contribution in [0.15, 0.2) is 18.2 Å². The van der Waals surface area contributed by atoms with Gasteiger partial charge >= 0.3 is 0 Å². The van der Waals surface area contributed by atoms with Crippen LogP contribution in [0, 0.1) is 17.0 Å². The van der Waals surface area contributed by atoms with Gasteiger partial charge in [0.05, 0.1) is 17.1 Å². The van der Waals surface area contributed by atoms with E-state index in [0.717, 1.165) is 31.2 Å². The van der Waals surface area contributed by atoms with Crippen LogP contribution in [0.25, 0.3) is 0 Å². The van der Waals surface area contributed by atoms with E-state index in [1.807, 2.05) is 6.92 Å². The number of rotatable bonds is 4. The lowest BCUT2D eigenvalue weighted by molar-refractivity contribution is -0.384. The topological polar surface area (TPSA) is 75.4 Å². The number of aliphatic hydroxyl groups is 1. The molecular formula is C13H18N2O3. The van der Waals surface area contributed by atoms with Crippen LogP contribution in [-0.4, -0.2) is 22.2 Å². The zero-order valence-corrected chi connectivity index (χ0v) is 10.5. The average Bonchev–Trinajstić information content (AvgIpc) is 2.78. The molecule has 0 radical (unpaired) electrons. The van der Waals surface area contributed by atoms with E-state index >= 15 is 0 Å². The first-order valence-electron chi connectivity index (χ1n) is 6.20. The summed E-state index contributed by atoms with van der Waals surface area (Å²) >= 11 is 0. The Morgan fingerprint density at radius 3 is 2.67 bits per heavy atom. The summed E-state index contributed by atoms with van der Waals surface area (Å²) in [6.45, 7) is 1.91. The van der Waals surface area contributed by atoms with Gasteiger partial charge in [-0.1, -0.05) is 18.9 Å². The van der Waals surface area contributed by atoms with Gasteiger partial charge in [-0.15, -0.1) is 0 Å². The van der Waals surface area contributed by atoms with E-state index in [2.05, 4.69) is 5.32 Å². The number of nitrogens with zero attached hydrogens (tertiary/aromatic N) is 1. The highest BCUT2D eigenvalue weighted by Gasteiger charge is 2.34. The first kappa shape index (κ1) is 12.8. The lowest BCUT2D eigenvalue weighted by Gasteiger charge is -2.29. The summed E-state index contributed by atoms with van der Waals surface area (Å²) in [6, 6.07) is 5.01. The van der Waals surface area contributed by atoms with Crippen LogP contribution in [0.1, 0.15) is 31.2 Å². The maximum atomic E-state index is 11.0. The van der Waals surface area contributed by atoms with Crippen LogP contribution in [0.4, 0.5) is 11.4 Å². The van der Waals surface area contributed by atoms with Crippen LogP contribution in [0.5, 0.6) is 0 Å². The highest BCUT2D eigenvalue weighted by molar-refractivity contribution is 5.64. The van der Waals surface area contributed by atoms with Gasteiger partial charge in [0, 0.05) is 6.07 Å². The molecule has 0 heterocycles. The molecule has 98 valence electrons. The third-order valence-electron chi connectivity index (χ3n) is 3.61. The summed E-state index contributed by atoms with van der Waals surface area (Å²) in [7, 11) is 0. The summed E-state index contributed by atoms with van der Waals surface area (Å²) in [5, 5.41) is 23.8. The molecule has 0 atom stereocenters. The van der Waals surface area contributed by atoms with Gasteiger partial charge in [-0.25, -0.2) is 0 Å². The minimum atomic E-state index is -0.390. The molecular weight excluding hydrogens is 232 g/mol. The molecule has 0 spiro atoms. The Balaban J connectivity index is 2.32. The average molecular weight is 250 g/mol. The maximum absolute atomic E-state index is 11.0. The molecule has 0 aliphatic heterocycles. The first-order chi connectivity index (χ1) is 8.56. The third kappa shape index (κ3) is 2.46. The number of nitrogens with one attached hydrogen (secondary N) is 1. The Kier molecular flexibility index (Phi) is 3.52. The summed E-state index contributed by atoms with van der Waals surface area (Å²) < 4.78 is 0. The zero-order valence-electron chi connectivity index (χ0n) is 10.5. The molecule has 0 amide bonds. The van der Waals surface area contributed by atoms with Crippen molar-refractivity contribution in [1.29, 1.82) is 0 Å². The van der Waals surface area contributed by atoms with Crippen molar-refractivity contribution in [2.75, 3.05) is 11.9 Å². The van der Waals surface area contributed by atoms with Crippen LogP contribution in [0.2, 0.25) is 0 Å². The molecule has 0 saturated heterocycles. The van der Waals surface area contributed by atoms with Gasteiger partial charge in [-0.05, 0) is 31.4 Å². The highest BCUT2D eigenvalue weighted by Crippen LogP contribution is 2.36. The minimum Gasteiger partial charge on any atom is -0.394 e. The van der Waals surface area contributed by atoms with Gasteiger partial charge in [-0.2, -0.15) is 0 Å². The minimum absolute atomic E-state index is 0.0120. The summed E-state index contributed by atoms with van der Waals surface area (Å²) in [6.07, 6.45) is 3.81. The maximum Gasteiger partial charge on any atom is 0.292 e. The predicted molar refractivity (Wildman–Crippen MR) is 69.7 cm³/mol. The molecule has 0 unspecified atom stereocenters. The van der Waals surface area contributed by atoms with Crippen molar-refractivity contribution in [3.8, 4) is 0 Å². The van der Waals surface area contributed by atoms with Crippen molar-refractivity contribution in [3.63, 3.8) is 0 Å². The molecule has 1 saturated carbocycles. The van der Waals surface area contributed by atoms with Crippen LogP contribution in [0.3, 0.4) is 0 Å². The molecule has 0 aromatic heterocycles. The van der Waals surface area contributed by atoms with Gasteiger partial charge in [0.15, 0.2) is 0 Å². The number of aryl methyl sites for hydroxylation is 1. The molecule has 5 heteroatoms. The molecule has 5 nitrogen and oxygen atoms in total. The normalized spacial score (nSPS) is 17.7.